The van der Waals surface area contributed by atoms with Gasteiger partial charge in [0, 0.05) is 19.3 Å². The molecule has 16 heavy (non-hydrogen) atoms. The Kier molecular flexibility index (Phi) is 4.72. The van der Waals surface area contributed by atoms with Crippen molar-refractivity contribution in [3.8, 4) is 5.88 Å². The summed E-state index contributed by atoms with van der Waals surface area (Å²) in [7, 11) is 5.41. The molecule has 0 fully saturated rings. The average molecular weight is 223 g/mol. The Morgan fingerprint density at radius 2 is 2.31 bits per heavy atom. The number of carbonyl (C=O) groups is 1. The third kappa shape index (κ3) is 3.51. The molecule has 88 valence electrons. The number of pyridine rings is 1. The number of likely N-dealkylation sites (N-methyl/N-ethyl adjacent to an activating group) is 1. The minimum atomic E-state index is -0.160. The monoisotopic (exact) mass is 223 g/mol. The summed E-state index contributed by atoms with van der Waals surface area (Å²) in [5, 5.41) is 2.80. The smallest absolute Gasteiger partial charge is 0.256 e. The largest absolute Gasteiger partial charge is 0.480 e. The van der Waals surface area contributed by atoms with Gasteiger partial charge in [-0.1, -0.05) is 0 Å². The highest BCUT2D eigenvalue weighted by molar-refractivity contribution is 5.96. The Hall–Kier alpha value is -1.62. The van der Waals surface area contributed by atoms with Crippen LogP contribution in [0.25, 0.3) is 0 Å². The molecule has 0 aliphatic carbocycles. The molecule has 1 N–H and O–H groups in total. The van der Waals surface area contributed by atoms with E-state index in [-0.39, 0.29) is 5.91 Å². The van der Waals surface area contributed by atoms with Crippen molar-refractivity contribution in [2.24, 2.45) is 0 Å². The molecule has 0 aromatic carbocycles. The zero-order valence-electron chi connectivity index (χ0n) is 9.86. The number of methoxy groups -OCH3 is 1. The maximum absolute atomic E-state index is 11.8. The first-order valence-electron chi connectivity index (χ1n) is 5.07. The first kappa shape index (κ1) is 12.4. The van der Waals surface area contributed by atoms with Gasteiger partial charge in [-0.15, -0.1) is 0 Å². The van der Waals surface area contributed by atoms with Gasteiger partial charge < -0.3 is 15.0 Å². The summed E-state index contributed by atoms with van der Waals surface area (Å²) in [6, 6.07) is 3.40. The second-order valence-corrected chi connectivity index (χ2v) is 3.62. The van der Waals surface area contributed by atoms with E-state index >= 15 is 0 Å². The molecule has 1 heterocycles. The normalized spacial score (nSPS) is 10.2. The number of carbonyl (C=O) groups excluding carboxylic acids is 1. The van der Waals surface area contributed by atoms with Gasteiger partial charge in [-0.2, -0.15) is 0 Å². The predicted molar refractivity (Wildman–Crippen MR) is 61.7 cm³/mol. The summed E-state index contributed by atoms with van der Waals surface area (Å²) < 4.78 is 5.01. The van der Waals surface area contributed by atoms with Gasteiger partial charge in [0.15, 0.2) is 0 Å². The fourth-order valence-corrected chi connectivity index (χ4v) is 1.21. The lowest BCUT2D eigenvalue weighted by atomic mass is 10.2. The number of rotatable bonds is 5. The van der Waals surface area contributed by atoms with E-state index < -0.39 is 0 Å². The maximum Gasteiger partial charge on any atom is 0.256 e. The van der Waals surface area contributed by atoms with E-state index in [0.717, 1.165) is 6.54 Å². The molecule has 0 unspecified atom stereocenters. The second-order valence-electron chi connectivity index (χ2n) is 3.62. The predicted octanol–water partition coefficient (Wildman–Crippen LogP) is 0.382. The minimum Gasteiger partial charge on any atom is -0.480 e. The molecular formula is C11H17N3O2. The Balaban J connectivity index is 2.59. The number of ether oxygens (including phenoxy) is 1. The molecule has 0 aliphatic rings. The number of aromatic nitrogens is 1. The Labute approximate surface area is 95.4 Å². The van der Waals surface area contributed by atoms with Gasteiger partial charge in [0.1, 0.15) is 5.56 Å². The van der Waals surface area contributed by atoms with Crippen LogP contribution in [-0.4, -0.2) is 50.1 Å². The SMILES string of the molecule is COc1ncccc1C(=O)NCCN(C)C. The lowest BCUT2D eigenvalue weighted by Crippen LogP contribution is -2.31. The van der Waals surface area contributed by atoms with E-state index in [1.54, 1.807) is 18.3 Å². The highest BCUT2D eigenvalue weighted by Crippen LogP contribution is 2.12. The van der Waals surface area contributed by atoms with Crippen LogP contribution in [0.3, 0.4) is 0 Å². The summed E-state index contributed by atoms with van der Waals surface area (Å²) in [5.41, 5.74) is 0.462. The number of amides is 1. The molecule has 0 saturated heterocycles. The van der Waals surface area contributed by atoms with E-state index in [9.17, 15) is 4.79 Å². The molecule has 0 aliphatic heterocycles. The van der Waals surface area contributed by atoms with Crippen molar-refractivity contribution in [3.63, 3.8) is 0 Å². The Morgan fingerprint density at radius 3 is 2.94 bits per heavy atom. The van der Waals surface area contributed by atoms with Crippen LogP contribution in [0.4, 0.5) is 0 Å². The van der Waals surface area contributed by atoms with Crippen LogP contribution in [0.1, 0.15) is 10.4 Å². The highest BCUT2D eigenvalue weighted by atomic mass is 16.5. The second kappa shape index (κ2) is 6.07. The summed E-state index contributed by atoms with van der Waals surface area (Å²) in [6.07, 6.45) is 1.59. The number of hydrogen-bond donors (Lipinski definition) is 1. The lowest BCUT2D eigenvalue weighted by Gasteiger charge is -2.11. The summed E-state index contributed by atoms with van der Waals surface area (Å²) in [6.45, 7) is 1.40. The molecule has 1 aromatic rings. The van der Waals surface area contributed by atoms with Crippen molar-refractivity contribution >= 4 is 5.91 Å². The summed E-state index contributed by atoms with van der Waals surface area (Å²) in [4.78, 5) is 17.7. The molecule has 1 aromatic heterocycles. The van der Waals surface area contributed by atoms with E-state index in [1.807, 2.05) is 19.0 Å². The van der Waals surface area contributed by atoms with Gasteiger partial charge in [0.2, 0.25) is 5.88 Å². The van der Waals surface area contributed by atoms with Gasteiger partial charge in [0.05, 0.1) is 7.11 Å². The molecule has 0 bridgehead atoms. The van der Waals surface area contributed by atoms with Crippen molar-refractivity contribution in [1.29, 1.82) is 0 Å². The first-order valence-corrected chi connectivity index (χ1v) is 5.07. The third-order valence-corrected chi connectivity index (χ3v) is 2.05. The van der Waals surface area contributed by atoms with Crippen LogP contribution < -0.4 is 10.1 Å². The number of hydrogen-bond acceptors (Lipinski definition) is 4. The number of nitrogens with zero attached hydrogens (tertiary/aromatic N) is 2. The Bertz CT molecular complexity index is 353. The standard InChI is InChI=1S/C11H17N3O2/c1-14(2)8-7-12-10(15)9-5-4-6-13-11(9)16-3/h4-6H,7-8H2,1-3H3,(H,12,15). The molecule has 0 atom stereocenters. The fourth-order valence-electron chi connectivity index (χ4n) is 1.21. The van der Waals surface area contributed by atoms with Gasteiger partial charge in [0.25, 0.3) is 5.91 Å². The first-order chi connectivity index (χ1) is 7.65. The topological polar surface area (TPSA) is 54.5 Å². The van der Waals surface area contributed by atoms with Crippen molar-refractivity contribution in [1.82, 2.24) is 15.2 Å². The van der Waals surface area contributed by atoms with Crippen molar-refractivity contribution in [2.75, 3.05) is 34.3 Å². The van der Waals surface area contributed by atoms with E-state index in [0.29, 0.717) is 18.0 Å². The summed E-state index contributed by atoms with van der Waals surface area (Å²) >= 11 is 0. The van der Waals surface area contributed by atoms with Gasteiger partial charge in [-0.3, -0.25) is 4.79 Å². The van der Waals surface area contributed by atoms with E-state index in [1.165, 1.54) is 7.11 Å². The van der Waals surface area contributed by atoms with Gasteiger partial charge in [-0.25, -0.2) is 4.98 Å². The van der Waals surface area contributed by atoms with E-state index in [4.69, 9.17) is 4.74 Å². The third-order valence-electron chi connectivity index (χ3n) is 2.05. The highest BCUT2D eigenvalue weighted by Gasteiger charge is 2.11. The van der Waals surface area contributed by atoms with Crippen LogP contribution in [0.2, 0.25) is 0 Å². The van der Waals surface area contributed by atoms with Gasteiger partial charge in [-0.05, 0) is 26.2 Å². The molecule has 1 rings (SSSR count). The van der Waals surface area contributed by atoms with Crippen molar-refractivity contribution in [3.05, 3.63) is 23.9 Å². The van der Waals surface area contributed by atoms with Crippen LogP contribution in [-0.2, 0) is 0 Å². The lowest BCUT2D eigenvalue weighted by molar-refractivity contribution is 0.0947. The molecule has 0 spiro atoms. The van der Waals surface area contributed by atoms with Gasteiger partial charge >= 0.3 is 0 Å². The van der Waals surface area contributed by atoms with Crippen molar-refractivity contribution < 1.29 is 9.53 Å². The molecule has 5 heteroatoms. The Morgan fingerprint density at radius 1 is 1.56 bits per heavy atom. The maximum atomic E-state index is 11.8. The minimum absolute atomic E-state index is 0.160. The van der Waals surface area contributed by atoms with Crippen LogP contribution in [0.5, 0.6) is 5.88 Å². The zero-order chi connectivity index (χ0) is 12.0. The zero-order valence-corrected chi connectivity index (χ0v) is 9.86. The quantitative estimate of drug-likeness (QED) is 0.784. The molecule has 0 radical (unpaired) electrons. The molecule has 0 saturated carbocycles. The molecular weight excluding hydrogens is 206 g/mol. The van der Waals surface area contributed by atoms with E-state index in [2.05, 4.69) is 10.3 Å². The molecule has 5 nitrogen and oxygen atoms in total. The summed E-state index contributed by atoms with van der Waals surface area (Å²) in [5.74, 6) is 0.191. The fraction of sp³-hybridized carbons (Fsp3) is 0.455. The van der Waals surface area contributed by atoms with Crippen molar-refractivity contribution in [2.45, 2.75) is 0 Å². The molecule has 1 amide bonds. The van der Waals surface area contributed by atoms with Crippen LogP contribution in [0, 0.1) is 0 Å². The number of nitrogens with one attached hydrogen (secondary N) is 1. The average Bonchev–Trinajstić information content (AvgIpc) is 2.28. The van der Waals surface area contributed by atoms with Crippen LogP contribution >= 0.6 is 0 Å². The van der Waals surface area contributed by atoms with Crippen LogP contribution in [0.15, 0.2) is 18.3 Å².